The van der Waals surface area contributed by atoms with E-state index in [1.54, 1.807) is 42.3 Å². The zero-order chi connectivity index (χ0) is 26.0. The Labute approximate surface area is 225 Å². The summed E-state index contributed by atoms with van der Waals surface area (Å²) in [5.41, 5.74) is 0. The summed E-state index contributed by atoms with van der Waals surface area (Å²) in [6, 6.07) is 0. The Morgan fingerprint density at radius 2 is 0.939 bits per heavy atom. The quantitative estimate of drug-likeness (QED) is 0.0902. The van der Waals surface area contributed by atoms with Crippen molar-refractivity contribution in [1.29, 1.82) is 0 Å². The van der Waals surface area contributed by atoms with Crippen LogP contribution in [-0.4, -0.2) is 160 Å². The van der Waals surface area contributed by atoms with E-state index in [2.05, 4.69) is 9.05 Å². The summed E-state index contributed by atoms with van der Waals surface area (Å²) < 4.78 is 30.4. The maximum atomic E-state index is 10.5. The first-order valence-electron chi connectivity index (χ1n) is 9.66. The molecule has 0 aromatic heterocycles. The summed E-state index contributed by atoms with van der Waals surface area (Å²) in [5, 5.41) is 35.7. The Kier molecular flexibility index (Phi) is 19.8. The zero-order valence-corrected chi connectivity index (χ0v) is 24.1. The monoisotopic (exact) mass is 552 g/mol. The van der Waals surface area contributed by atoms with Crippen molar-refractivity contribution in [2.24, 2.45) is 0 Å². The van der Waals surface area contributed by atoms with E-state index in [1.807, 2.05) is 0 Å². The van der Waals surface area contributed by atoms with E-state index < -0.39 is 53.3 Å². The van der Waals surface area contributed by atoms with Gasteiger partial charge in [0.1, 0.15) is 25.3 Å². The van der Waals surface area contributed by atoms with Gasteiger partial charge in [-0.3, -0.25) is 0 Å². The van der Waals surface area contributed by atoms with Crippen LogP contribution >= 0.6 is 15.6 Å². The summed E-state index contributed by atoms with van der Waals surface area (Å²) in [6.07, 6.45) is -4.24. The smallest absolute Gasteiger partial charge is 0.790 e. The molecule has 0 aliphatic carbocycles. The number of aliphatic hydroxyl groups excluding tert-OH is 4. The van der Waals surface area contributed by atoms with Crippen LogP contribution in [0.2, 0.25) is 0 Å². The van der Waals surface area contributed by atoms with Crippen molar-refractivity contribution in [1.82, 2.24) is 0 Å². The molecule has 0 aliphatic rings. The van der Waals surface area contributed by atoms with E-state index in [-0.39, 0.29) is 63.7 Å². The molecule has 0 aromatic carbocycles. The van der Waals surface area contributed by atoms with Gasteiger partial charge in [-0.25, -0.2) is 0 Å². The minimum atomic E-state index is -5.08. The summed E-state index contributed by atoms with van der Waals surface area (Å²) in [6.45, 7) is -0.519. The Hall–Kier alpha value is 1.24. The molecule has 33 heavy (non-hydrogen) atoms. The summed E-state index contributed by atoms with van der Waals surface area (Å²) in [7, 11) is 0.609. The molecule has 0 aromatic rings. The molecule has 0 bridgehead atoms. The van der Waals surface area contributed by atoms with Crippen LogP contribution < -0.4 is 19.6 Å². The fourth-order valence-electron chi connectivity index (χ4n) is 2.64. The van der Waals surface area contributed by atoms with Crippen LogP contribution in [-0.2, 0) is 18.2 Å². The molecule has 0 fully saturated rings. The van der Waals surface area contributed by atoms with Crippen molar-refractivity contribution in [2.45, 2.75) is 37.3 Å². The van der Waals surface area contributed by atoms with Crippen LogP contribution in [0.25, 0.3) is 0 Å². The van der Waals surface area contributed by atoms with Gasteiger partial charge >= 0.3 is 37.7 Å². The van der Waals surface area contributed by atoms with Gasteiger partial charge in [-0.05, 0) is 0 Å². The van der Waals surface area contributed by atoms with Crippen molar-refractivity contribution in [3.63, 3.8) is 0 Å². The molecule has 0 saturated heterocycles. The fourth-order valence-corrected chi connectivity index (χ4v) is 3.68. The van der Waals surface area contributed by atoms with Gasteiger partial charge in [0, 0.05) is 12.8 Å². The first-order chi connectivity index (χ1) is 14.1. The van der Waals surface area contributed by atoms with Crippen molar-refractivity contribution >= 4 is 53.4 Å². The molecular formula is C16H38CaN2O12P2. The van der Waals surface area contributed by atoms with Crippen molar-refractivity contribution in [3.05, 3.63) is 0 Å². The Morgan fingerprint density at radius 3 is 1.09 bits per heavy atom. The molecule has 0 aliphatic heterocycles. The molecule has 0 radical (unpaired) electrons. The van der Waals surface area contributed by atoms with Crippen LogP contribution in [0.5, 0.6) is 0 Å². The molecule has 4 unspecified atom stereocenters. The third-order valence-electron chi connectivity index (χ3n) is 3.55. The van der Waals surface area contributed by atoms with Gasteiger partial charge < -0.3 is 67.1 Å². The Bertz CT molecular complexity index is 553. The normalized spacial score (nSPS) is 16.7. The van der Waals surface area contributed by atoms with Gasteiger partial charge in [-0.1, -0.05) is 0 Å². The maximum absolute atomic E-state index is 10.5. The maximum Gasteiger partial charge on any atom is 2.00 e. The number of phosphoric ester groups is 2. The van der Waals surface area contributed by atoms with Crippen LogP contribution in [0, 0.1) is 0 Å². The minimum absolute atomic E-state index is 0. The van der Waals surface area contributed by atoms with Gasteiger partial charge in [-0.15, -0.1) is 0 Å². The van der Waals surface area contributed by atoms with E-state index >= 15 is 0 Å². The molecule has 0 heterocycles. The molecule has 0 amide bonds. The Balaban J connectivity index is -0.000000529. The van der Waals surface area contributed by atoms with Crippen molar-refractivity contribution < 1.29 is 67.1 Å². The second-order valence-electron chi connectivity index (χ2n) is 9.44. The van der Waals surface area contributed by atoms with Crippen LogP contribution in [0.4, 0.5) is 0 Å². The van der Waals surface area contributed by atoms with Gasteiger partial charge in [-0.2, -0.15) is 0 Å². The number of quaternary nitrogens is 2. The first-order valence-corrected chi connectivity index (χ1v) is 12.6. The average molecular weight is 553 g/mol. The number of nitrogens with zero attached hydrogens (tertiary/aromatic N) is 2. The van der Waals surface area contributed by atoms with Gasteiger partial charge in [0.15, 0.2) is 0 Å². The van der Waals surface area contributed by atoms with E-state index in [0.717, 1.165) is 0 Å². The molecule has 4 atom stereocenters. The summed E-state index contributed by atoms with van der Waals surface area (Å²) in [5.74, 6) is 0. The third kappa shape index (κ3) is 29.4. The first kappa shape index (κ1) is 38.8. The molecule has 14 nitrogen and oxygen atoms in total. The number of aliphatic hydroxyl groups is 4. The standard InChI is InChI=1S/2C8H20NO6P.Ca/c2*1-9(2,3)5-8(4-7(11)6-10)15-16(12,13)14;/h2*7-8,10-11H,4-6H2,1-3H3,(H-,12,13,14);/q;;+2/p-2. The second kappa shape index (κ2) is 16.9. The van der Waals surface area contributed by atoms with Crippen LogP contribution in [0.3, 0.4) is 0 Å². The molecule has 0 rings (SSSR count). The van der Waals surface area contributed by atoms with E-state index in [1.165, 1.54) is 0 Å². The SMILES string of the molecule is C[N+](C)(C)CC(CC(O)CO)OP(=O)([O-])[O-].C[N+](C)(C)CC(CC(O)CO)OP(=O)([O-])[O-].[Ca+2]. The number of hydrogen-bond donors (Lipinski definition) is 4. The number of hydrogen-bond acceptors (Lipinski definition) is 12. The van der Waals surface area contributed by atoms with Gasteiger partial charge in [0.2, 0.25) is 0 Å². The van der Waals surface area contributed by atoms with Crippen LogP contribution in [0.1, 0.15) is 12.8 Å². The van der Waals surface area contributed by atoms with E-state index in [4.69, 9.17) is 10.2 Å². The Morgan fingerprint density at radius 1 is 0.697 bits per heavy atom. The molecule has 196 valence electrons. The average Bonchev–Trinajstić information content (AvgIpc) is 2.48. The molecule has 0 spiro atoms. The van der Waals surface area contributed by atoms with Crippen LogP contribution in [0.15, 0.2) is 0 Å². The largest absolute Gasteiger partial charge is 2.00 e. The third-order valence-corrected chi connectivity index (χ3v) is 4.66. The van der Waals surface area contributed by atoms with Gasteiger partial charge in [0.25, 0.3) is 0 Å². The summed E-state index contributed by atoms with van der Waals surface area (Å²) >= 11 is 0. The molecule has 4 N–H and O–H groups in total. The van der Waals surface area contributed by atoms with Gasteiger partial charge in [0.05, 0.1) is 83.4 Å². The number of phosphoric acid groups is 2. The van der Waals surface area contributed by atoms with Crippen molar-refractivity contribution in [3.8, 4) is 0 Å². The topological polar surface area (TPSA) is 226 Å². The zero-order valence-electron chi connectivity index (χ0n) is 20.1. The predicted octanol–water partition coefficient (Wildman–Crippen LogP) is -5.08. The predicted molar refractivity (Wildman–Crippen MR) is 112 cm³/mol. The minimum Gasteiger partial charge on any atom is -0.790 e. The van der Waals surface area contributed by atoms with E-state index in [0.29, 0.717) is 8.97 Å². The molecular weight excluding hydrogens is 514 g/mol. The van der Waals surface area contributed by atoms with Crippen molar-refractivity contribution in [2.75, 3.05) is 68.6 Å². The van der Waals surface area contributed by atoms with E-state index in [9.17, 15) is 38.9 Å². The molecule has 17 heteroatoms. The number of rotatable bonds is 14. The number of likely N-dealkylation sites (N-methyl/N-ethyl adjacent to an activating group) is 2. The summed E-state index contributed by atoms with van der Waals surface area (Å²) in [4.78, 5) is 42.0. The second-order valence-corrected chi connectivity index (χ2v) is 11.6. The molecule has 0 saturated carbocycles. The fraction of sp³-hybridized carbons (Fsp3) is 1.00.